The second-order valence-electron chi connectivity index (χ2n) is 6.25. The zero-order valence-electron chi connectivity index (χ0n) is 13.9. The summed E-state index contributed by atoms with van der Waals surface area (Å²) in [7, 11) is 1.34. The molecule has 0 spiro atoms. The first-order valence-electron chi connectivity index (χ1n) is 8.29. The van der Waals surface area contributed by atoms with Gasteiger partial charge < -0.3 is 15.4 Å². The van der Waals surface area contributed by atoms with Crippen LogP contribution in [0.1, 0.15) is 38.2 Å². The van der Waals surface area contributed by atoms with Gasteiger partial charge in [0.25, 0.3) is 0 Å². The molecule has 0 unspecified atom stereocenters. The van der Waals surface area contributed by atoms with E-state index in [0.717, 1.165) is 24.8 Å². The van der Waals surface area contributed by atoms with E-state index < -0.39 is 12.0 Å². The van der Waals surface area contributed by atoms with Crippen molar-refractivity contribution in [3.8, 4) is 0 Å². The van der Waals surface area contributed by atoms with Gasteiger partial charge in [-0.3, -0.25) is 0 Å². The van der Waals surface area contributed by atoms with Crippen LogP contribution < -0.4 is 10.6 Å². The fraction of sp³-hybridized carbons (Fsp3) is 0.556. The zero-order chi connectivity index (χ0) is 16.7. The Balaban J connectivity index is 1.94. The van der Waals surface area contributed by atoms with E-state index in [2.05, 4.69) is 17.6 Å². The van der Waals surface area contributed by atoms with Crippen molar-refractivity contribution in [3.63, 3.8) is 0 Å². The minimum atomic E-state index is -0.679. The van der Waals surface area contributed by atoms with Gasteiger partial charge in [-0.15, -0.1) is 0 Å². The number of benzene rings is 1. The Morgan fingerprint density at radius 3 is 2.57 bits per heavy atom. The average molecular weight is 318 g/mol. The van der Waals surface area contributed by atoms with Gasteiger partial charge in [0.05, 0.1) is 7.11 Å². The molecule has 5 heteroatoms. The Bertz CT molecular complexity index is 518. The maximum atomic E-state index is 12.2. The zero-order valence-corrected chi connectivity index (χ0v) is 13.9. The molecule has 0 aromatic heterocycles. The second kappa shape index (κ2) is 8.56. The number of urea groups is 1. The minimum Gasteiger partial charge on any atom is -0.467 e. The van der Waals surface area contributed by atoms with Gasteiger partial charge in [0.1, 0.15) is 6.04 Å². The average Bonchev–Trinajstić information content (AvgIpc) is 2.56. The van der Waals surface area contributed by atoms with Gasteiger partial charge in [0.2, 0.25) is 0 Å². The lowest BCUT2D eigenvalue weighted by atomic mass is 9.86. The van der Waals surface area contributed by atoms with Crippen molar-refractivity contribution in [2.45, 2.75) is 51.1 Å². The molecule has 0 saturated heterocycles. The summed E-state index contributed by atoms with van der Waals surface area (Å²) in [5.74, 6) is 0.0425. The molecule has 1 aliphatic carbocycles. The molecular weight excluding hydrogens is 292 g/mol. The van der Waals surface area contributed by atoms with Crippen molar-refractivity contribution in [2.75, 3.05) is 7.11 Å². The normalized spacial score (nSPS) is 22.0. The van der Waals surface area contributed by atoms with Crippen LogP contribution in [0.25, 0.3) is 0 Å². The smallest absolute Gasteiger partial charge is 0.328 e. The van der Waals surface area contributed by atoms with Crippen molar-refractivity contribution in [2.24, 2.45) is 5.92 Å². The monoisotopic (exact) mass is 318 g/mol. The van der Waals surface area contributed by atoms with Crippen LogP contribution in [0.3, 0.4) is 0 Å². The van der Waals surface area contributed by atoms with Crippen molar-refractivity contribution in [1.82, 2.24) is 10.6 Å². The lowest BCUT2D eigenvalue weighted by Gasteiger charge is -2.30. The Morgan fingerprint density at radius 2 is 1.91 bits per heavy atom. The van der Waals surface area contributed by atoms with E-state index in [-0.39, 0.29) is 12.1 Å². The quantitative estimate of drug-likeness (QED) is 0.820. The number of rotatable bonds is 5. The van der Waals surface area contributed by atoms with E-state index in [1.165, 1.54) is 13.5 Å². The van der Waals surface area contributed by atoms with Crippen LogP contribution in [0.15, 0.2) is 30.3 Å². The van der Waals surface area contributed by atoms with Crippen molar-refractivity contribution < 1.29 is 14.3 Å². The number of hydrogen-bond donors (Lipinski definition) is 2. The number of nitrogens with one attached hydrogen (secondary N) is 2. The third-order valence-electron chi connectivity index (χ3n) is 4.50. The maximum Gasteiger partial charge on any atom is 0.328 e. The number of amides is 2. The van der Waals surface area contributed by atoms with E-state index >= 15 is 0 Å². The first-order chi connectivity index (χ1) is 11.1. The predicted molar refractivity (Wildman–Crippen MR) is 89.0 cm³/mol. The molecule has 1 saturated carbocycles. The Hall–Kier alpha value is -2.04. The predicted octanol–water partition coefficient (Wildman–Crippen LogP) is 2.65. The summed E-state index contributed by atoms with van der Waals surface area (Å²) in [6.07, 6.45) is 4.91. The molecule has 0 radical (unpaired) electrons. The minimum absolute atomic E-state index is 0.179. The highest BCUT2D eigenvalue weighted by Crippen LogP contribution is 2.23. The third-order valence-corrected chi connectivity index (χ3v) is 4.50. The van der Waals surface area contributed by atoms with Crippen LogP contribution in [0.2, 0.25) is 0 Å². The van der Waals surface area contributed by atoms with Gasteiger partial charge in [-0.1, -0.05) is 50.1 Å². The molecule has 1 aromatic rings. The van der Waals surface area contributed by atoms with E-state index in [9.17, 15) is 9.59 Å². The summed E-state index contributed by atoms with van der Waals surface area (Å²) in [4.78, 5) is 24.2. The van der Waals surface area contributed by atoms with E-state index in [0.29, 0.717) is 12.3 Å². The highest BCUT2D eigenvalue weighted by Gasteiger charge is 2.26. The largest absolute Gasteiger partial charge is 0.467 e. The number of methoxy groups -OCH3 is 1. The van der Waals surface area contributed by atoms with Crippen molar-refractivity contribution in [3.05, 3.63) is 35.9 Å². The molecule has 1 fully saturated rings. The molecule has 126 valence electrons. The molecule has 1 aliphatic rings. The van der Waals surface area contributed by atoms with Gasteiger partial charge >= 0.3 is 12.0 Å². The third kappa shape index (κ3) is 5.27. The number of carbonyl (C=O) groups is 2. The van der Waals surface area contributed by atoms with Crippen LogP contribution in [0.5, 0.6) is 0 Å². The molecule has 23 heavy (non-hydrogen) atoms. The maximum absolute atomic E-state index is 12.2. The lowest BCUT2D eigenvalue weighted by Crippen LogP contribution is -2.52. The Morgan fingerprint density at radius 1 is 1.22 bits per heavy atom. The van der Waals surface area contributed by atoms with E-state index in [4.69, 9.17) is 4.74 Å². The second-order valence-corrected chi connectivity index (χ2v) is 6.25. The summed E-state index contributed by atoms with van der Waals surface area (Å²) in [5.41, 5.74) is 0.981. The lowest BCUT2D eigenvalue weighted by molar-refractivity contribution is -0.142. The van der Waals surface area contributed by atoms with Gasteiger partial charge in [0, 0.05) is 12.5 Å². The fourth-order valence-corrected chi connectivity index (χ4v) is 3.08. The van der Waals surface area contributed by atoms with Crippen LogP contribution in [-0.2, 0) is 16.0 Å². The summed E-state index contributed by atoms with van der Waals surface area (Å²) < 4.78 is 4.82. The number of ether oxygens (including phenoxy) is 1. The van der Waals surface area contributed by atoms with E-state index in [1.807, 2.05) is 30.3 Å². The van der Waals surface area contributed by atoms with Gasteiger partial charge in [-0.2, -0.15) is 0 Å². The van der Waals surface area contributed by atoms with Gasteiger partial charge in [0.15, 0.2) is 0 Å². The molecule has 0 bridgehead atoms. The molecule has 2 rings (SSSR count). The van der Waals surface area contributed by atoms with Crippen molar-refractivity contribution in [1.29, 1.82) is 0 Å². The molecule has 3 atom stereocenters. The highest BCUT2D eigenvalue weighted by molar-refractivity contribution is 5.83. The van der Waals surface area contributed by atoms with Crippen LogP contribution in [0, 0.1) is 5.92 Å². The summed E-state index contributed by atoms with van der Waals surface area (Å²) in [6.45, 7) is 2.16. The van der Waals surface area contributed by atoms with Crippen LogP contribution in [0.4, 0.5) is 4.79 Å². The Kier molecular flexibility index (Phi) is 6.44. The molecule has 0 heterocycles. The standard InChI is InChI=1S/C18H26N2O3/c1-13-8-6-7-11-15(13)19-18(22)20-16(17(21)23-2)12-14-9-4-3-5-10-14/h3-5,9-10,13,15-16H,6-8,11-12H2,1-2H3,(H2,19,20,22)/t13-,15+,16+/m1/s1. The molecule has 2 N–H and O–H groups in total. The molecular formula is C18H26N2O3. The summed E-state index contributed by atoms with van der Waals surface area (Å²) in [5, 5.41) is 5.77. The Labute approximate surface area is 137 Å². The highest BCUT2D eigenvalue weighted by atomic mass is 16.5. The molecule has 2 amide bonds. The van der Waals surface area contributed by atoms with Crippen molar-refractivity contribution >= 4 is 12.0 Å². The fourth-order valence-electron chi connectivity index (χ4n) is 3.08. The molecule has 0 aliphatic heterocycles. The number of esters is 1. The van der Waals surface area contributed by atoms with Gasteiger partial charge in [-0.05, 0) is 24.3 Å². The first-order valence-corrected chi connectivity index (χ1v) is 8.29. The van der Waals surface area contributed by atoms with E-state index in [1.54, 1.807) is 0 Å². The SMILES string of the molecule is COC(=O)[C@H](Cc1ccccc1)NC(=O)N[C@H]1CCCC[C@H]1C. The molecule has 1 aromatic carbocycles. The van der Waals surface area contributed by atoms with Gasteiger partial charge in [-0.25, -0.2) is 9.59 Å². The number of hydrogen-bond acceptors (Lipinski definition) is 3. The summed E-state index contributed by atoms with van der Waals surface area (Å²) in [6, 6.07) is 8.80. The van der Waals surface area contributed by atoms with Crippen LogP contribution >= 0.6 is 0 Å². The topological polar surface area (TPSA) is 67.4 Å². The number of carbonyl (C=O) groups excluding carboxylic acids is 2. The summed E-state index contributed by atoms with van der Waals surface area (Å²) >= 11 is 0. The molecule has 5 nitrogen and oxygen atoms in total. The van der Waals surface area contributed by atoms with Crippen LogP contribution in [-0.4, -0.2) is 31.2 Å². The first kappa shape index (κ1) is 17.3.